The van der Waals surface area contributed by atoms with Gasteiger partial charge in [-0.05, 0) is 62.8 Å². The number of hydrogen-bond donors (Lipinski definition) is 1. The van der Waals surface area contributed by atoms with E-state index in [1.165, 1.54) is 0 Å². The Bertz CT molecular complexity index is 925. The number of sulfonamides is 1. The second-order valence-corrected chi connectivity index (χ2v) is 9.59. The molecule has 0 aromatic heterocycles. The SMILES string of the molecule is CN1CCC(NC(=O)CN(c2ccc(OCc3ccccc3)cc2)S(C)(=O)=O)CC1. The lowest BCUT2D eigenvalue weighted by Gasteiger charge is -2.30. The van der Waals surface area contributed by atoms with Crippen molar-refractivity contribution in [2.45, 2.75) is 25.5 Å². The molecule has 0 atom stereocenters. The molecule has 0 aliphatic carbocycles. The van der Waals surface area contributed by atoms with E-state index < -0.39 is 10.0 Å². The van der Waals surface area contributed by atoms with Gasteiger partial charge in [0, 0.05) is 6.04 Å². The van der Waals surface area contributed by atoms with Crippen molar-refractivity contribution in [1.82, 2.24) is 10.2 Å². The molecule has 1 saturated heterocycles. The monoisotopic (exact) mass is 431 g/mol. The predicted molar refractivity (Wildman–Crippen MR) is 118 cm³/mol. The van der Waals surface area contributed by atoms with Gasteiger partial charge in [-0.3, -0.25) is 9.10 Å². The minimum atomic E-state index is -3.61. The van der Waals surface area contributed by atoms with Crippen LogP contribution in [0.4, 0.5) is 5.69 Å². The van der Waals surface area contributed by atoms with Crippen LogP contribution < -0.4 is 14.4 Å². The zero-order valence-corrected chi connectivity index (χ0v) is 18.3. The molecule has 0 unspecified atom stereocenters. The average Bonchev–Trinajstić information content (AvgIpc) is 2.73. The second-order valence-electron chi connectivity index (χ2n) is 7.68. The summed E-state index contributed by atoms with van der Waals surface area (Å²) in [6.07, 6.45) is 2.85. The van der Waals surface area contributed by atoms with Crippen molar-refractivity contribution >= 4 is 21.6 Å². The van der Waals surface area contributed by atoms with Crippen molar-refractivity contribution < 1.29 is 17.9 Å². The van der Waals surface area contributed by atoms with Crippen LogP contribution in [0.15, 0.2) is 54.6 Å². The minimum absolute atomic E-state index is 0.0869. The van der Waals surface area contributed by atoms with Gasteiger partial charge in [0.25, 0.3) is 0 Å². The van der Waals surface area contributed by atoms with E-state index in [1.54, 1.807) is 24.3 Å². The van der Waals surface area contributed by atoms with Crippen LogP contribution in [-0.4, -0.2) is 58.2 Å². The highest BCUT2D eigenvalue weighted by atomic mass is 32.2. The molecule has 2 aromatic carbocycles. The molecular formula is C22H29N3O4S. The lowest BCUT2D eigenvalue weighted by atomic mass is 10.1. The fraction of sp³-hybridized carbons (Fsp3) is 0.409. The molecule has 1 amide bonds. The third-order valence-corrected chi connectivity index (χ3v) is 6.28. The molecule has 1 fully saturated rings. The molecule has 8 heteroatoms. The van der Waals surface area contributed by atoms with Crippen molar-refractivity contribution in [2.75, 3.05) is 37.2 Å². The van der Waals surface area contributed by atoms with E-state index >= 15 is 0 Å². The number of anilines is 1. The molecule has 0 spiro atoms. The number of piperidine rings is 1. The average molecular weight is 432 g/mol. The van der Waals surface area contributed by atoms with Crippen molar-refractivity contribution in [3.05, 3.63) is 60.2 Å². The summed E-state index contributed by atoms with van der Waals surface area (Å²) in [6.45, 7) is 2.03. The maximum atomic E-state index is 12.5. The fourth-order valence-corrected chi connectivity index (χ4v) is 4.26. The normalized spacial score (nSPS) is 15.5. The Balaban J connectivity index is 1.61. The Morgan fingerprint density at radius 1 is 1.10 bits per heavy atom. The number of carbonyl (C=O) groups excluding carboxylic acids is 1. The number of rotatable bonds is 8. The van der Waals surface area contributed by atoms with Crippen LogP contribution in [0.1, 0.15) is 18.4 Å². The summed E-state index contributed by atoms with van der Waals surface area (Å²) in [4.78, 5) is 14.7. The molecule has 2 aromatic rings. The van der Waals surface area contributed by atoms with Gasteiger partial charge >= 0.3 is 0 Å². The molecule has 1 heterocycles. The molecular weight excluding hydrogens is 402 g/mol. The molecule has 162 valence electrons. The maximum Gasteiger partial charge on any atom is 0.240 e. The van der Waals surface area contributed by atoms with Crippen LogP contribution >= 0.6 is 0 Å². The summed E-state index contributed by atoms with van der Waals surface area (Å²) < 4.78 is 31.5. The summed E-state index contributed by atoms with van der Waals surface area (Å²) in [5.74, 6) is 0.339. The third-order valence-electron chi connectivity index (χ3n) is 5.14. The first-order valence-electron chi connectivity index (χ1n) is 10.0. The van der Waals surface area contributed by atoms with E-state index in [4.69, 9.17) is 4.74 Å². The van der Waals surface area contributed by atoms with Gasteiger partial charge in [-0.15, -0.1) is 0 Å². The van der Waals surface area contributed by atoms with Gasteiger partial charge in [0.2, 0.25) is 15.9 Å². The highest BCUT2D eigenvalue weighted by Crippen LogP contribution is 2.22. The first kappa shape index (κ1) is 22.1. The van der Waals surface area contributed by atoms with Gasteiger partial charge in [0.15, 0.2) is 0 Å². The van der Waals surface area contributed by atoms with E-state index in [2.05, 4.69) is 17.3 Å². The van der Waals surface area contributed by atoms with E-state index in [0.29, 0.717) is 18.0 Å². The van der Waals surface area contributed by atoms with Gasteiger partial charge in [-0.25, -0.2) is 8.42 Å². The first-order chi connectivity index (χ1) is 14.3. The van der Waals surface area contributed by atoms with Crippen LogP contribution in [0.3, 0.4) is 0 Å². The van der Waals surface area contributed by atoms with Crippen molar-refractivity contribution in [2.24, 2.45) is 0 Å². The smallest absolute Gasteiger partial charge is 0.240 e. The van der Waals surface area contributed by atoms with Gasteiger partial charge < -0.3 is 15.0 Å². The van der Waals surface area contributed by atoms with Gasteiger partial charge in [0.05, 0.1) is 11.9 Å². The van der Waals surface area contributed by atoms with Crippen LogP contribution in [0.25, 0.3) is 0 Å². The number of amides is 1. The molecule has 1 N–H and O–H groups in total. The number of hydrogen-bond acceptors (Lipinski definition) is 5. The van der Waals surface area contributed by atoms with Gasteiger partial charge in [-0.2, -0.15) is 0 Å². The Kier molecular flexibility index (Phi) is 7.33. The summed E-state index contributed by atoms with van der Waals surface area (Å²) in [5.41, 5.74) is 1.48. The highest BCUT2D eigenvalue weighted by Gasteiger charge is 2.24. The standard InChI is InChI=1S/C22H29N3O4S/c1-24-14-12-19(13-15-24)23-22(26)16-25(30(2,27)28)20-8-10-21(11-9-20)29-17-18-6-4-3-5-7-18/h3-11,19H,12-17H2,1-2H3,(H,23,26). The summed E-state index contributed by atoms with van der Waals surface area (Å²) >= 11 is 0. The largest absolute Gasteiger partial charge is 0.489 e. The summed E-state index contributed by atoms with van der Waals surface area (Å²) in [6, 6.07) is 16.6. The Hall–Kier alpha value is -2.58. The number of benzene rings is 2. The predicted octanol–water partition coefficient (Wildman–Crippen LogP) is 2.24. The van der Waals surface area contributed by atoms with Crippen molar-refractivity contribution in [3.8, 4) is 5.75 Å². The summed E-state index contributed by atoms with van der Waals surface area (Å²) in [5, 5.41) is 2.97. The molecule has 0 bridgehead atoms. The summed E-state index contributed by atoms with van der Waals surface area (Å²) in [7, 11) is -1.56. The maximum absolute atomic E-state index is 12.5. The molecule has 3 rings (SSSR count). The van der Waals surface area contributed by atoms with E-state index in [0.717, 1.165) is 42.1 Å². The fourth-order valence-electron chi connectivity index (χ4n) is 3.41. The molecule has 30 heavy (non-hydrogen) atoms. The third kappa shape index (κ3) is 6.47. The van der Waals surface area contributed by atoms with E-state index in [-0.39, 0.29) is 18.5 Å². The Morgan fingerprint density at radius 2 is 1.73 bits per heavy atom. The number of likely N-dealkylation sites (tertiary alicyclic amines) is 1. The quantitative estimate of drug-likeness (QED) is 0.694. The van der Waals surface area contributed by atoms with Crippen LogP contribution in [0, 0.1) is 0 Å². The molecule has 0 radical (unpaired) electrons. The molecule has 0 saturated carbocycles. The van der Waals surface area contributed by atoms with E-state index in [9.17, 15) is 13.2 Å². The topological polar surface area (TPSA) is 79.0 Å². The molecule has 7 nitrogen and oxygen atoms in total. The minimum Gasteiger partial charge on any atom is -0.489 e. The molecule has 1 aliphatic heterocycles. The Labute approximate surface area is 178 Å². The Morgan fingerprint density at radius 3 is 2.33 bits per heavy atom. The van der Waals surface area contributed by atoms with Gasteiger partial charge in [-0.1, -0.05) is 30.3 Å². The van der Waals surface area contributed by atoms with Crippen molar-refractivity contribution in [3.63, 3.8) is 0 Å². The van der Waals surface area contributed by atoms with E-state index in [1.807, 2.05) is 30.3 Å². The van der Waals surface area contributed by atoms with Gasteiger partial charge in [0.1, 0.15) is 18.9 Å². The zero-order chi connectivity index (χ0) is 21.6. The first-order valence-corrected chi connectivity index (χ1v) is 11.9. The van der Waals surface area contributed by atoms with Crippen molar-refractivity contribution in [1.29, 1.82) is 0 Å². The van der Waals surface area contributed by atoms with Crippen LogP contribution in [0.5, 0.6) is 5.75 Å². The number of nitrogens with one attached hydrogen (secondary N) is 1. The van der Waals surface area contributed by atoms with Crippen LogP contribution in [-0.2, 0) is 21.4 Å². The number of ether oxygens (including phenoxy) is 1. The second kappa shape index (κ2) is 9.95. The lowest BCUT2D eigenvalue weighted by molar-refractivity contribution is -0.120. The number of carbonyl (C=O) groups is 1. The number of nitrogens with zero attached hydrogens (tertiary/aromatic N) is 2. The highest BCUT2D eigenvalue weighted by molar-refractivity contribution is 7.92. The zero-order valence-electron chi connectivity index (χ0n) is 17.5. The van der Waals surface area contributed by atoms with Crippen LogP contribution in [0.2, 0.25) is 0 Å². The lowest BCUT2D eigenvalue weighted by Crippen LogP contribution is -2.47. The molecule has 1 aliphatic rings.